The molecule has 0 spiro atoms. The van der Waals surface area contributed by atoms with E-state index in [-0.39, 0.29) is 6.09 Å². The van der Waals surface area contributed by atoms with Gasteiger partial charge in [0, 0.05) is 38.4 Å². The number of carbonyl (C=O) groups excluding carboxylic acids is 1. The Morgan fingerprint density at radius 2 is 1.84 bits per heavy atom. The third kappa shape index (κ3) is 6.31. The third-order valence-electron chi connectivity index (χ3n) is 6.58. The number of nitriles is 1. The first kappa shape index (κ1) is 26.3. The van der Waals surface area contributed by atoms with Gasteiger partial charge < -0.3 is 24.3 Å². The van der Waals surface area contributed by atoms with Crippen molar-refractivity contribution in [2.45, 2.75) is 58.5 Å². The number of amides is 1. The molecule has 0 atom stereocenters. The van der Waals surface area contributed by atoms with E-state index in [0.717, 1.165) is 48.5 Å². The summed E-state index contributed by atoms with van der Waals surface area (Å²) in [5, 5.41) is 12.7. The first-order chi connectivity index (χ1) is 17.4. The van der Waals surface area contributed by atoms with Crippen molar-refractivity contribution in [3.05, 3.63) is 42.2 Å². The molecule has 3 aromatic rings. The average molecular weight is 505 g/mol. The smallest absolute Gasteiger partial charge is 0.410 e. The van der Waals surface area contributed by atoms with E-state index < -0.39 is 11.0 Å². The number of furan rings is 1. The lowest BCUT2D eigenvalue weighted by Gasteiger charge is -2.34. The minimum atomic E-state index is -0.550. The number of hydrogen-bond donors (Lipinski definition) is 1. The molecule has 3 heterocycles. The van der Waals surface area contributed by atoms with Gasteiger partial charge in [-0.3, -0.25) is 0 Å². The fraction of sp³-hybridized carbons (Fsp3) is 0.500. The Morgan fingerprint density at radius 3 is 2.46 bits per heavy atom. The number of piperidine rings is 1. The normalized spacial score (nSPS) is 14.9. The molecule has 1 aromatic carbocycles. The van der Waals surface area contributed by atoms with Crippen LogP contribution in [0.4, 0.5) is 22.2 Å². The molecule has 1 N–H and O–H groups in total. The highest BCUT2D eigenvalue weighted by Crippen LogP contribution is 2.31. The molecule has 37 heavy (non-hydrogen) atoms. The second-order valence-corrected chi connectivity index (χ2v) is 11.2. The number of aromatic nitrogens is 2. The van der Waals surface area contributed by atoms with Crippen molar-refractivity contribution >= 4 is 34.6 Å². The minimum absolute atomic E-state index is 0.289. The molecule has 1 amide bonds. The van der Waals surface area contributed by atoms with Gasteiger partial charge in [-0.1, -0.05) is 12.1 Å². The molecule has 0 bridgehead atoms. The van der Waals surface area contributed by atoms with E-state index >= 15 is 0 Å². The summed E-state index contributed by atoms with van der Waals surface area (Å²) in [6.07, 6.45) is 3.20. The van der Waals surface area contributed by atoms with Crippen LogP contribution >= 0.6 is 0 Å². The topological polar surface area (TPSA) is 108 Å². The van der Waals surface area contributed by atoms with Crippen molar-refractivity contribution in [3.8, 4) is 6.07 Å². The van der Waals surface area contributed by atoms with Crippen LogP contribution in [0.25, 0.3) is 11.1 Å². The number of rotatable bonds is 6. The molecule has 196 valence electrons. The Hall–Kier alpha value is -3.80. The Labute approximate surface area is 218 Å². The van der Waals surface area contributed by atoms with Crippen LogP contribution in [0, 0.1) is 17.2 Å². The predicted molar refractivity (Wildman–Crippen MR) is 144 cm³/mol. The Kier molecular flexibility index (Phi) is 7.30. The Bertz CT molecular complexity index is 1280. The fourth-order valence-electron chi connectivity index (χ4n) is 4.41. The Balaban J connectivity index is 1.44. The van der Waals surface area contributed by atoms with Crippen LogP contribution < -0.4 is 10.2 Å². The number of fused-ring (bicyclic) bond motifs is 1. The molecule has 2 aromatic heterocycles. The van der Waals surface area contributed by atoms with Crippen LogP contribution in [0.2, 0.25) is 0 Å². The summed E-state index contributed by atoms with van der Waals surface area (Å²) in [7, 11) is 1.79. The summed E-state index contributed by atoms with van der Waals surface area (Å²) in [5.74, 6) is 1.64. The van der Waals surface area contributed by atoms with Gasteiger partial charge in [-0.15, -0.1) is 0 Å². The molecule has 4 rings (SSSR count). The van der Waals surface area contributed by atoms with E-state index in [9.17, 15) is 10.1 Å². The van der Waals surface area contributed by atoms with E-state index in [0.29, 0.717) is 24.0 Å². The maximum atomic E-state index is 12.3. The van der Waals surface area contributed by atoms with E-state index in [4.69, 9.17) is 14.1 Å². The van der Waals surface area contributed by atoms with Crippen molar-refractivity contribution in [2.75, 3.05) is 36.9 Å². The first-order valence-electron chi connectivity index (χ1n) is 12.7. The van der Waals surface area contributed by atoms with Crippen molar-refractivity contribution in [2.24, 2.45) is 5.92 Å². The molecular weight excluding hydrogens is 468 g/mol. The molecule has 9 heteroatoms. The second kappa shape index (κ2) is 10.3. The summed E-state index contributed by atoms with van der Waals surface area (Å²) >= 11 is 0. The van der Waals surface area contributed by atoms with Crippen molar-refractivity contribution in [1.82, 2.24) is 14.9 Å². The van der Waals surface area contributed by atoms with E-state index in [1.54, 1.807) is 18.2 Å². The number of carbonyl (C=O) groups is 1. The number of nitrogens with zero attached hydrogens (tertiary/aromatic N) is 5. The summed E-state index contributed by atoms with van der Waals surface area (Å²) in [5.41, 5.74) is 2.15. The monoisotopic (exact) mass is 504 g/mol. The number of benzene rings is 1. The third-order valence-corrected chi connectivity index (χ3v) is 6.58. The van der Waals surface area contributed by atoms with E-state index in [2.05, 4.69) is 21.3 Å². The quantitative estimate of drug-likeness (QED) is 0.445. The molecule has 1 saturated heterocycles. The molecule has 0 radical (unpaired) electrons. The van der Waals surface area contributed by atoms with Gasteiger partial charge in [-0.25, -0.2) is 9.78 Å². The van der Waals surface area contributed by atoms with Crippen molar-refractivity contribution < 1.29 is 13.9 Å². The molecule has 1 aliphatic heterocycles. The van der Waals surface area contributed by atoms with Gasteiger partial charge in [0.1, 0.15) is 11.1 Å². The van der Waals surface area contributed by atoms with Crippen molar-refractivity contribution in [3.63, 3.8) is 0 Å². The lowest BCUT2D eigenvalue weighted by molar-refractivity contribution is 0.0266. The van der Waals surface area contributed by atoms with E-state index in [1.807, 2.05) is 65.0 Å². The molecule has 1 aliphatic rings. The molecule has 0 saturated carbocycles. The summed E-state index contributed by atoms with van der Waals surface area (Å²) < 4.78 is 11.2. The van der Waals surface area contributed by atoms with Crippen LogP contribution in [-0.4, -0.2) is 53.2 Å². The molecule has 0 unspecified atom stereocenters. The lowest BCUT2D eigenvalue weighted by atomic mass is 9.86. The number of hydrogen-bond acceptors (Lipinski definition) is 8. The SMILES string of the molecule is CN(CC1CCN(c2nc(Nc3ccc(C(C)(C)C#N)cc3)nc3ccoc23)CC1)C(=O)OC(C)(C)C. The van der Waals surface area contributed by atoms with Gasteiger partial charge in [0.2, 0.25) is 5.95 Å². The van der Waals surface area contributed by atoms with Gasteiger partial charge >= 0.3 is 6.09 Å². The second-order valence-electron chi connectivity index (χ2n) is 11.2. The highest BCUT2D eigenvalue weighted by molar-refractivity contribution is 5.85. The zero-order valence-electron chi connectivity index (χ0n) is 22.5. The van der Waals surface area contributed by atoms with E-state index in [1.165, 1.54) is 0 Å². The Morgan fingerprint density at radius 1 is 1.16 bits per heavy atom. The average Bonchev–Trinajstić information content (AvgIpc) is 3.32. The van der Waals surface area contributed by atoms with Crippen LogP contribution in [0.1, 0.15) is 53.0 Å². The van der Waals surface area contributed by atoms with Gasteiger partial charge in [0.25, 0.3) is 0 Å². The van der Waals surface area contributed by atoms with Gasteiger partial charge in [-0.05, 0) is 71.1 Å². The molecule has 1 fully saturated rings. The number of anilines is 3. The van der Waals surface area contributed by atoms with Gasteiger partial charge in [0.05, 0.1) is 17.7 Å². The molecule has 9 nitrogen and oxygen atoms in total. The number of nitrogens with one attached hydrogen (secondary N) is 1. The summed E-state index contributed by atoms with van der Waals surface area (Å²) in [6.45, 7) is 11.7. The van der Waals surface area contributed by atoms with Crippen LogP contribution in [0.15, 0.2) is 41.0 Å². The first-order valence-corrected chi connectivity index (χ1v) is 12.7. The maximum Gasteiger partial charge on any atom is 0.410 e. The molecular formula is C28H36N6O3. The fourth-order valence-corrected chi connectivity index (χ4v) is 4.41. The zero-order valence-corrected chi connectivity index (χ0v) is 22.5. The van der Waals surface area contributed by atoms with Gasteiger partial charge in [-0.2, -0.15) is 10.2 Å². The number of ether oxygens (including phenoxy) is 1. The van der Waals surface area contributed by atoms with Crippen LogP contribution in [0.5, 0.6) is 0 Å². The predicted octanol–water partition coefficient (Wildman–Crippen LogP) is 5.85. The van der Waals surface area contributed by atoms with Crippen LogP contribution in [-0.2, 0) is 10.2 Å². The zero-order chi connectivity index (χ0) is 26.8. The highest BCUT2D eigenvalue weighted by atomic mass is 16.6. The summed E-state index contributed by atoms with van der Waals surface area (Å²) in [6, 6.07) is 11.9. The summed E-state index contributed by atoms with van der Waals surface area (Å²) in [4.78, 5) is 25.7. The van der Waals surface area contributed by atoms with Crippen molar-refractivity contribution in [1.29, 1.82) is 5.26 Å². The lowest BCUT2D eigenvalue weighted by Crippen LogP contribution is -2.41. The largest absolute Gasteiger partial charge is 0.459 e. The van der Waals surface area contributed by atoms with Gasteiger partial charge in [0.15, 0.2) is 11.4 Å². The molecule has 0 aliphatic carbocycles. The standard InChI is InChI=1S/C28H36N6O3/c1-27(2,3)37-26(35)33(6)17-19-11-14-34(15-12-19)24-23-22(13-16-36-23)31-25(32-24)30-21-9-7-20(8-10-21)28(4,5)18-29/h7-10,13,16,19H,11-12,14-15,17H2,1-6H3,(H,30,31,32). The maximum absolute atomic E-state index is 12.3. The highest BCUT2D eigenvalue weighted by Gasteiger charge is 2.27. The minimum Gasteiger partial charge on any atom is -0.459 e. The van der Waals surface area contributed by atoms with Crippen LogP contribution in [0.3, 0.4) is 0 Å².